The molecule has 0 fully saturated rings. The van der Waals surface area contributed by atoms with Gasteiger partial charge in [0.25, 0.3) is 0 Å². The molecule has 0 amide bonds. The van der Waals surface area contributed by atoms with Crippen LogP contribution in [-0.2, 0) is 22.9 Å². The van der Waals surface area contributed by atoms with Crippen LogP contribution >= 0.6 is 0 Å². The minimum absolute atomic E-state index is 0.0367. The summed E-state index contributed by atoms with van der Waals surface area (Å²) in [4.78, 5) is 11.4. The number of unbranched alkanes of at least 4 members (excludes halogenated alkanes) is 1. The smallest absolute Gasteiger partial charge is 0.242 e. The summed E-state index contributed by atoms with van der Waals surface area (Å²) in [6, 6.07) is 15.1. The first kappa shape index (κ1) is 28.2. The quantitative estimate of drug-likeness (QED) is 0.367. The van der Waals surface area contributed by atoms with Crippen LogP contribution in [0.4, 0.5) is 0 Å². The number of nitrogens with zero attached hydrogens (tertiary/aromatic N) is 1. The number of hydrogen-bond donors (Lipinski definition) is 2. The number of aldehydes is 1. The highest BCUT2D eigenvalue weighted by Crippen LogP contribution is 2.20. The second-order valence-electron chi connectivity index (χ2n) is 9.68. The van der Waals surface area contributed by atoms with Gasteiger partial charge in [-0.1, -0.05) is 43.7 Å². The number of aliphatic hydroxyl groups excluding tert-OH is 1. The summed E-state index contributed by atoms with van der Waals surface area (Å²) in [5.41, 5.74) is 2.30. The molecule has 34 heavy (non-hydrogen) atoms. The molecule has 1 atom stereocenters. The predicted octanol–water partition coefficient (Wildman–Crippen LogP) is 4.21. The normalized spacial score (nSPS) is 13.2. The van der Waals surface area contributed by atoms with Crippen molar-refractivity contribution in [3.8, 4) is 0 Å². The van der Waals surface area contributed by atoms with E-state index < -0.39 is 16.1 Å². The zero-order chi connectivity index (χ0) is 25.2. The van der Waals surface area contributed by atoms with Gasteiger partial charge in [-0.25, -0.2) is 8.42 Å². The van der Waals surface area contributed by atoms with Crippen LogP contribution in [0.2, 0.25) is 0 Å². The molecule has 0 unspecified atom stereocenters. The fourth-order valence-corrected chi connectivity index (χ4v) is 5.24. The molecule has 0 aromatic heterocycles. The third-order valence-corrected chi connectivity index (χ3v) is 7.85. The van der Waals surface area contributed by atoms with Gasteiger partial charge in [0.15, 0.2) is 0 Å². The number of aryl methyl sites for hydroxylation is 2. The molecule has 0 radical (unpaired) electrons. The van der Waals surface area contributed by atoms with Crippen molar-refractivity contribution < 1.29 is 18.3 Å². The number of rotatable bonds is 15. The third kappa shape index (κ3) is 8.95. The maximum atomic E-state index is 13.1. The lowest BCUT2D eigenvalue weighted by Gasteiger charge is -2.29. The minimum atomic E-state index is -3.83. The van der Waals surface area contributed by atoms with Gasteiger partial charge in [0.05, 0.1) is 11.0 Å². The Labute approximate surface area is 205 Å². The van der Waals surface area contributed by atoms with Crippen molar-refractivity contribution in [2.24, 2.45) is 0 Å². The summed E-state index contributed by atoms with van der Waals surface area (Å²) in [7, 11) is -2.36. The second-order valence-corrected chi connectivity index (χ2v) is 11.7. The standard InChI is InChI=1S/C27H40N2O4S/c1-5-6-11-23-16-24(21-30)18-26(17-23)34(32,33)29(4)20-25(31)19-28-27(2,3)15-10-14-22-12-8-7-9-13-22/h7-9,12-13,16-18,21,25,28,31H,5-6,10-11,14-15,19-20H2,1-4H3/t25-/m1/s1. The molecule has 2 N–H and O–H groups in total. The first-order chi connectivity index (χ1) is 16.1. The first-order valence-corrected chi connectivity index (χ1v) is 13.5. The summed E-state index contributed by atoms with van der Waals surface area (Å²) in [5.74, 6) is 0. The highest BCUT2D eigenvalue weighted by Gasteiger charge is 2.25. The molecule has 0 spiro atoms. The molecule has 0 saturated carbocycles. The topological polar surface area (TPSA) is 86.7 Å². The van der Waals surface area contributed by atoms with Crippen LogP contribution in [0.5, 0.6) is 0 Å². The molecule has 2 aromatic carbocycles. The predicted molar refractivity (Wildman–Crippen MR) is 138 cm³/mol. The molecule has 0 aliphatic heterocycles. The number of sulfonamides is 1. The van der Waals surface area contributed by atoms with E-state index in [0.717, 1.165) is 48.4 Å². The largest absolute Gasteiger partial charge is 0.390 e. The van der Waals surface area contributed by atoms with Gasteiger partial charge in [-0.15, -0.1) is 0 Å². The molecule has 0 aliphatic carbocycles. The van der Waals surface area contributed by atoms with E-state index in [4.69, 9.17) is 0 Å². The van der Waals surface area contributed by atoms with E-state index in [-0.39, 0.29) is 23.5 Å². The summed E-state index contributed by atoms with van der Waals surface area (Å²) in [6.45, 7) is 6.50. The van der Waals surface area contributed by atoms with Gasteiger partial charge in [0.2, 0.25) is 10.0 Å². The SMILES string of the molecule is CCCCc1cc(C=O)cc(S(=O)(=O)N(C)C[C@H](O)CNC(C)(C)CCCc2ccccc2)c1. The highest BCUT2D eigenvalue weighted by atomic mass is 32.2. The van der Waals surface area contributed by atoms with Crippen molar-refractivity contribution >= 4 is 16.3 Å². The van der Waals surface area contributed by atoms with Gasteiger partial charge in [-0.2, -0.15) is 4.31 Å². The van der Waals surface area contributed by atoms with Crippen LogP contribution in [0.25, 0.3) is 0 Å². The van der Waals surface area contributed by atoms with Gasteiger partial charge < -0.3 is 10.4 Å². The van der Waals surface area contributed by atoms with E-state index in [2.05, 4.69) is 38.2 Å². The number of aliphatic hydroxyl groups is 1. The van der Waals surface area contributed by atoms with Gasteiger partial charge in [-0.05, 0) is 75.3 Å². The molecule has 7 heteroatoms. The monoisotopic (exact) mass is 488 g/mol. The Bertz CT molecular complexity index is 1010. The summed E-state index contributed by atoms with van der Waals surface area (Å²) in [5, 5.41) is 13.9. The maximum Gasteiger partial charge on any atom is 0.242 e. The Kier molecular flexibility index (Phi) is 10.9. The van der Waals surface area contributed by atoms with Crippen molar-refractivity contribution in [3.63, 3.8) is 0 Å². The van der Waals surface area contributed by atoms with E-state index in [0.29, 0.717) is 11.8 Å². The van der Waals surface area contributed by atoms with E-state index in [1.54, 1.807) is 12.1 Å². The fraction of sp³-hybridized carbons (Fsp3) is 0.519. The van der Waals surface area contributed by atoms with Crippen LogP contribution in [0.15, 0.2) is 53.4 Å². The van der Waals surface area contributed by atoms with E-state index in [9.17, 15) is 18.3 Å². The maximum absolute atomic E-state index is 13.1. The molecule has 0 aliphatic rings. The van der Waals surface area contributed by atoms with Crippen LogP contribution in [0.1, 0.15) is 67.9 Å². The number of hydrogen-bond acceptors (Lipinski definition) is 5. The number of nitrogens with one attached hydrogen (secondary N) is 1. The van der Waals surface area contributed by atoms with Crippen LogP contribution in [-0.4, -0.2) is 55.9 Å². The van der Waals surface area contributed by atoms with Crippen molar-refractivity contribution in [3.05, 3.63) is 65.2 Å². The number of β-amino-alcohol motifs (C(OH)–C–C–N with tert-alkyl or cyclic N) is 1. The Balaban J connectivity index is 1.92. The van der Waals surface area contributed by atoms with Gasteiger partial charge >= 0.3 is 0 Å². The van der Waals surface area contributed by atoms with Gasteiger partial charge in [0, 0.05) is 31.2 Å². The van der Waals surface area contributed by atoms with Gasteiger partial charge in [0.1, 0.15) is 6.29 Å². The molecular weight excluding hydrogens is 448 g/mol. The van der Waals surface area contributed by atoms with Crippen molar-refractivity contribution in [1.29, 1.82) is 0 Å². The Morgan fingerprint density at radius 1 is 1.06 bits per heavy atom. The number of carbonyl (C=O) groups is 1. The Hall–Kier alpha value is -2.06. The zero-order valence-electron chi connectivity index (χ0n) is 21.0. The summed E-state index contributed by atoms with van der Waals surface area (Å²) >= 11 is 0. The Morgan fingerprint density at radius 3 is 2.38 bits per heavy atom. The molecule has 0 saturated heterocycles. The molecule has 0 heterocycles. The van der Waals surface area contributed by atoms with Crippen LogP contribution in [0.3, 0.4) is 0 Å². The highest BCUT2D eigenvalue weighted by molar-refractivity contribution is 7.89. The number of carbonyl (C=O) groups excluding carboxylic acids is 1. The Morgan fingerprint density at radius 2 is 1.74 bits per heavy atom. The van der Waals surface area contributed by atoms with Crippen molar-refractivity contribution in [2.45, 2.75) is 75.8 Å². The van der Waals surface area contributed by atoms with Crippen LogP contribution in [0, 0.1) is 0 Å². The van der Waals surface area contributed by atoms with Gasteiger partial charge in [-0.3, -0.25) is 4.79 Å². The fourth-order valence-electron chi connectivity index (χ4n) is 3.93. The second kappa shape index (κ2) is 13.1. The molecule has 188 valence electrons. The van der Waals surface area contributed by atoms with E-state index in [1.807, 2.05) is 18.2 Å². The average molecular weight is 489 g/mol. The summed E-state index contributed by atoms with van der Waals surface area (Å²) in [6.07, 6.45) is 5.38. The van der Waals surface area contributed by atoms with E-state index >= 15 is 0 Å². The average Bonchev–Trinajstić information content (AvgIpc) is 2.81. The first-order valence-electron chi connectivity index (χ1n) is 12.1. The van der Waals surface area contributed by atoms with E-state index in [1.165, 1.54) is 18.7 Å². The molecule has 6 nitrogen and oxygen atoms in total. The molecule has 2 aromatic rings. The molecular formula is C27H40N2O4S. The molecule has 2 rings (SSSR count). The van der Waals surface area contributed by atoms with Crippen molar-refractivity contribution in [1.82, 2.24) is 9.62 Å². The number of benzene rings is 2. The molecule has 0 bridgehead atoms. The summed E-state index contributed by atoms with van der Waals surface area (Å²) < 4.78 is 27.4. The lowest BCUT2D eigenvalue weighted by Crippen LogP contribution is -2.46. The third-order valence-electron chi connectivity index (χ3n) is 6.05. The lowest BCUT2D eigenvalue weighted by molar-refractivity contribution is 0.112. The minimum Gasteiger partial charge on any atom is -0.390 e. The van der Waals surface area contributed by atoms with Crippen molar-refractivity contribution in [2.75, 3.05) is 20.1 Å². The zero-order valence-corrected chi connectivity index (χ0v) is 21.8. The van der Waals surface area contributed by atoms with Crippen LogP contribution < -0.4 is 5.32 Å². The number of likely N-dealkylation sites (N-methyl/N-ethyl adjacent to an activating group) is 1. The lowest BCUT2D eigenvalue weighted by atomic mass is 9.95.